The van der Waals surface area contributed by atoms with Crippen LogP contribution >= 0.6 is 11.6 Å². The largest absolute Gasteiger partial charge is 0.127 e. The molecule has 1 saturated carbocycles. The summed E-state index contributed by atoms with van der Waals surface area (Å²) in [6.45, 7) is 2.20. The van der Waals surface area contributed by atoms with E-state index in [4.69, 9.17) is 11.6 Å². The first-order chi connectivity index (χ1) is 6.41. The highest BCUT2D eigenvalue weighted by Gasteiger charge is 1.95. The first-order valence-corrected chi connectivity index (χ1v) is 6.51. The van der Waals surface area contributed by atoms with Gasteiger partial charge in [0.05, 0.1) is 0 Å². The van der Waals surface area contributed by atoms with Gasteiger partial charge in [-0.25, -0.2) is 0 Å². The standard InChI is InChI=1S/C6H13Cl.C6H12/c1-2-3-4-5-6-7;1-2-4-6-5-3-1/h2-6H2,1H3;1-6H2. The summed E-state index contributed by atoms with van der Waals surface area (Å²) in [4.78, 5) is 0. The van der Waals surface area contributed by atoms with Crippen LogP contribution in [0.15, 0.2) is 0 Å². The van der Waals surface area contributed by atoms with Crippen molar-refractivity contribution in [2.45, 2.75) is 71.1 Å². The minimum Gasteiger partial charge on any atom is -0.127 e. The summed E-state index contributed by atoms with van der Waals surface area (Å²) in [5, 5.41) is 0. The average molecular weight is 205 g/mol. The van der Waals surface area contributed by atoms with Crippen LogP contribution in [0.2, 0.25) is 0 Å². The lowest BCUT2D eigenvalue weighted by molar-refractivity contribution is 0.504. The minimum absolute atomic E-state index is 0.833. The van der Waals surface area contributed by atoms with E-state index in [0.29, 0.717) is 0 Å². The Morgan fingerprint density at radius 1 is 0.769 bits per heavy atom. The Morgan fingerprint density at radius 3 is 1.54 bits per heavy atom. The average Bonchev–Trinajstić information content (AvgIpc) is 2.22. The van der Waals surface area contributed by atoms with Crippen LogP contribution in [0.25, 0.3) is 0 Å². The zero-order chi connectivity index (χ0) is 9.78. The van der Waals surface area contributed by atoms with Crippen molar-refractivity contribution >= 4 is 11.6 Å². The maximum absolute atomic E-state index is 5.44. The molecule has 0 aromatic rings. The lowest BCUT2D eigenvalue weighted by Gasteiger charge is -2.05. The van der Waals surface area contributed by atoms with Gasteiger partial charge in [-0.3, -0.25) is 0 Å². The second-order valence-corrected chi connectivity index (χ2v) is 4.25. The van der Waals surface area contributed by atoms with Gasteiger partial charge >= 0.3 is 0 Å². The smallest absolute Gasteiger partial charge is 0.0223 e. The molecule has 0 amide bonds. The van der Waals surface area contributed by atoms with Crippen LogP contribution in [-0.2, 0) is 0 Å². The van der Waals surface area contributed by atoms with Gasteiger partial charge < -0.3 is 0 Å². The zero-order valence-electron chi connectivity index (χ0n) is 9.16. The summed E-state index contributed by atoms with van der Waals surface area (Å²) in [6, 6.07) is 0. The molecule has 0 atom stereocenters. The Labute approximate surface area is 89.1 Å². The van der Waals surface area contributed by atoms with Crippen LogP contribution in [-0.4, -0.2) is 5.88 Å². The number of alkyl halides is 1. The van der Waals surface area contributed by atoms with E-state index in [1.807, 2.05) is 0 Å². The Balaban J connectivity index is 0.000000223. The van der Waals surface area contributed by atoms with E-state index in [9.17, 15) is 0 Å². The SMILES string of the molecule is C1CCCCC1.CCCCCCCl. The van der Waals surface area contributed by atoms with Gasteiger partial charge in [0.1, 0.15) is 0 Å². The van der Waals surface area contributed by atoms with E-state index in [1.54, 1.807) is 0 Å². The van der Waals surface area contributed by atoms with E-state index in [1.165, 1.54) is 64.2 Å². The molecule has 0 saturated heterocycles. The molecule has 80 valence electrons. The minimum atomic E-state index is 0.833. The first kappa shape index (κ1) is 13.3. The summed E-state index contributed by atoms with van der Waals surface area (Å²) in [5.74, 6) is 0.833. The van der Waals surface area contributed by atoms with Gasteiger partial charge in [0.15, 0.2) is 0 Å². The fraction of sp³-hybridized carbons (Fsp3) is 1.00. The highest BCUT2D eigenvalue weighted by Crippen LogP contribution is 2.15. The predicted molar refractivity (Wildman–Crippen MR) is 62.6 cm³/mol. The molecule has 0 heterocycles. The normalized spacial score (nSPS) is 16.2. The second-order valence-electron chi connectivity index (χ2n) is 3.87. The predicted octanol–water partition coefficient (Wildman–Crippen LogP) is 5.15. The molecule has 1 rings (SSSR count). The van der Waals surface area contributed by atoms with Gasteiger partial charge in [0.2, 0.25) is 0 Å². The monoisotopic (exact) mass is 204 g/mol. The molecule has 1 fully saturated rings. The molecule has 0 radical (unpaired) electrons. The van der Waals surface area contributed by atoms with Crippen LogP contribution in [0.4, 0.5) is 0 Å². The van der Waals surface area contributed by atoms with Crippen molar-refractivity contribution in [2.75, 3.05) is 5.88 Å². The van der Waals surface area contributed by atoms with Crippen molar-refractivity contribution < 1.29 is 0 Å². The molecular weight excluding hydrogens is 180 g/mol. The molecule has 0 bridgehead atoms. The third-order valence-electron chi connectivity index (χ3n) is 2.49. The van der Waals surface area contributed by atoms with Gasteiger partial charge in [-0.15, -0.1) is 11.6 Å². The number of hydrogen-bond donors (Lipinski definition) is 0. The van der Waals surface area contributed by atoms with Crippen molar-refractivity contribution in [3.63, 3.8) is 0 Å². The highest BCUT2D eigenvalue weighted by atomic mass is 35.5. The summed E-state index contributed by atoms with van der Waals surface area (Å²) in [7, 11) is 0. The number of unbranched alkanes of at least 4 members (excludes halogenated alkanes) is 3. The maximum Gasteiger partial charge on any atom is 0.0223 e. The molecule has 1 aliphatic rings. The molecule has 0 aromatic carbocycles. The fourth-order valence-electron chi connectivity index (χ4n) is 1.58. The second kappa shape index (κ2) is 12.3. The van der Waals surface area contributed by atoms with Crippen molar-refractivity contribution in [1.82, 2.24) is 0 Å². The Morgan fingerprint density at radius 2 is 1.23 bits per heavy atom. The Kier molecular flexibility index (Phi) is 12.6. The van der Waals surface area contributed by atoms with E-state index in [2.05, 4.69) is 6.92 Å². The summed E-state index contributed by atoms with van der Waals surface area (Å²) in [5.41, 5.74) is 0. The summed E-state index contributed by atoms with van der Waals surface area (Å²) >= 11 is 5.44. The van der Waals surface area contributed by atoms with Gasteiger partial charge in [0, 0.05) is 5.88 Å². The van der Waals surface area contributed by atoms with Crippen molar-refractivity contribution in [3.05, 3.63) is 0 Å². The van der Waals surface area contributed by atoms with Gasteiger partial charge in [0.25, 0.3) is 0 Å². The summed E-state index contributed by atoms with van der Waals surface area (Å²) in [6.07, 6.45) is 14.1. The van der Waals surface area contributed by atoms with Crippen molar-refractivity contribution in [1.29, 1.82) is 0 Å². The molecule has 1 heteroatoms. The summed E-state index contributed by atoms with van der Waals surface area (Å²) < 4.78 is 0. The third-order valence-corrected chi connectivity index (χ3v) is 2.75. The molecule has 1 aliphatic carbocycles. The Hall–Kier alpha value is 0.290. The first-order valence-electron chi connectivity index (χ1n) is 5.97. The highest BCUT2D eigenvalue weighted by molar-refractivity contribution is 6.17. The van der Waals surface area contributed by atoms with Crippen LogP contribution in [0.1, 0.15) is 71.1 Å². The topological polar surface area (TPSA) is 0 Å². The van der Waals surface area contributed by atoms with E-state index in [0.717, 1.165) is 5.88 Å². The molecular formula is C12H25Cl. The molecule has 0 spiro atoms. The third kappa shape index (κ3) is 12.3. The number of hydrogen-bond acceptors (Lipinski definition) is 0. The molecule has 0 N–H and O–H groups in total. The molecule has 0 unspecified atom stereocenters. The fourth-order valence-corrected chi connectivity index (χ4v) is 1.77. The van der Waals surface area contributed by atoms with E-state index >= 15 is 0 Å². The Bertz CT molecular complexity index is 61.7. The van der Waals surface area contributed by atoms with E-state index < -0.39 is 0 Å². The molecule has 13 heavy (non-hydrogen) atoms. The molecule has 0 nitrogen and oxygen atoms in total. The van der Waals surface area contributed by atoms with E-state index in [-0.39, 0.29) is 0 Å². The molecule has 0 aromatic heterocycles. The maximum atomic E-state index is 5.44. The zero-order valence-corrected chi connectivity index (χ0v) is 9.91. The van der Waals surface area contributed by atoms with Gasteiger partial charge in [-0.1, -0.05) is 64.7 Å². The lowest BCUT2D eigenvalue weighted by atomic mass is 10.0. The molecule has 0 aliphatic heterocycles. The van der Waals surface area contributed by atoms with Gasteiger partial charge in [-0.05, 0) is 6.42 Å². The van der Waals surface area contributed by atoms with Crippen LogP contribution in [0.5, 0.6) is 0 Å². The van der Waals surface area contributed by atoms with Gasteiger partial charge in [-0.2, -0.15) is 0 Å². The van der Waals surface area contributed by atoms with Crippen LogP contribution in [0.3, 0.4) is 0 Å². The lowest BCUT2D eigenvalue weighted by Crippen LogP contribution is -1.85. The van der Waals surface area contributed by atoms with Crippen LogP contribution in [0, 0.1) is 0 Å². The van der Waals surface area contributed by atoms with Crippen molar-refractivity contribution in [2.24, 2.45) is 0 Å². The van der Waals surface area contributed by atoms with Crippen molar-refractivity contribution in [3.8, 4) is 0 Å². The van der Waals surface area contributed by atoms with Crippen LogP contribution < -0.4 is 0 Å². The quantitative estimate of drug-likeness (QED) is 0.439. The number of rotatable bonds is 4. The number of halogens is 1.